The zero-order valence-electron chi connectivity index (χ0n) is 13.0. The highest BCUT2D eigenvalue weighted by atomic mass is 32.1. The SMILES string of the molecule is CC[C@H]1CN(C(=O)C2CC2)CC[C@H]1NCc1scnc1C. The number of piperidine rings is 1. The van der Waals surface area contributed by atoms with Gasteiger partial charge in [-0.1, -0.05) is 13.3 Å². The molecule has 0 aromatic carbocycles. The first-order valence-electron chi connectivity index (χ1n) is 8.10. The van der Waals surface area contributed by atoms with Gasteiger partial charge >= 0.3 is 0 Å². The molecule has 0 radical (unpaired) electrons. The molecule has 1 aliphatic carbocycles. The second-order valence-corrected chi connectivity index (χ2v) is 7.30. The van der Waals surface area contributed by atoms with Crippen LogP contribution in [0.15, 0.2) is 5.51 Å². The monoisotopic (exact) mass is 307 g/mol. The van der Waals surface area contributed by atoms with E-state index < -0.39 is 0 Å². The summed E-state index contributed by atoms with van der Waals surface area (Å²) < 4.78 is 0. The number of likely N-dealkylation sites (tertiary alicyclic amines) is 1. The highest BCUT2D eigenvalue weighted by Gasteiger charge is 2.37. The summed E-state index contributed by atoms with van der Waals surface area (Å²) in [6.07, 6.45) is 4.43. The Labute approximate surface area is 130 Å². The molecule has 1 saturated carbocycles. The Kier molecular flexibility index (Phi) is 4.60. The van der Waals surface area contributed by atoms with Crippen LogP contribution in [0.2, 0.25) is 0 Å². The van der Waals surface area contributed by atoms with Gasteiger partial charge in [0.1, 0.15) is 0 Å². The lowest BCUT2D eigenvalue weighted by atomic mass is 9.89. The molecule has 1 saturated heterocycles. The third kappa shape index (κ3) is 3.46. The molecule has 1 N–H and O–H groups in total. The van der Waals surface area contributed by atoms with Crippen LogP contribution >= 0.6 is 11.3 Å². The molecule has 4 nitrogen and oxygen atoms in total. The zero-order chi connectivity index (χ0) is 14.8. The number of aromatic nitrogens is 1. The number of amides is 1. The standard InChI is InChI=1S/C16H25N3OS/c1-3-12-9-19(16(20)13-4-5-13)7-6-14(12)17-8-15-11(2)18-10-21-15/h10,12-14,17H,3-9H2,1-2H3/t12-,14+/m0/s1. The van der Waals surface area contributed by atoms with Crippen LogP contribution in [0.1, 0.15) is 43.2 Å². The quantitative estimate of drug-likeness (QED) is 0.909. The van der Waals surface area contributed by atoms with Crippen LogP contribution in [0.3, 0.4) is 0 Å². The minimum Gasteiger partial charge on any atom is -0.342 e. The summed E-state index contributed by atoms with van der Waals surface area (Å²) in [5.74, 6) is 1.34. The van der Waals surface area contributed by atoms with Gasteiger partial charge in [0.05, 0.1) is 11.2 Å². The number of rotatable bonds is 5. The van der Waals surface area contributed by atoms with E-state index in [2.05, 4.69) is 29.0 Å². The third-order valence-electron chi connectivity index (χ3n) is 4.87. The maximum absolute atomic E-state index is 12.2. The Morgan fingerprint density at radius 2 is 2.29 bits per heavy atom. The Balaban J connectivity index is 1.54. The van der Waals surface area contributed by atoms with Crippen LogP contribution in [-0.4, -0.2) is 34.9 Å². The Bertz CT molecular complexity index is 497. The van der Waals surface area contributed by atoms with Gasteiger partial charge in [-0.25, -0.2) is 4.98 Å². The lowest BCUT2D eigenvalue weighted by Crippen LogP contribution is -2.51. The molecule has 0 bridgehead atoms. The molecule has 2 atom stereocenters. The first kappa shape index (κ1) is 15.0. The maximum Gasteiger partial charge on any atom is 0.225 e. The lowest BCUT2D eigenvalue weighted by molar-refractivity contribution is -0.134. The summed E-state index contributed by atoms with van der Waals surface area (Å²) in [4.78, 5) is 20.0. The van der Waals surface area contributed by atoms with Crippen molar-refractivity contribution < 1.29 is 4.79 Å². The molecule has 0 unspecified atom stereocenters. The van der Waals surface area contributed by atoms with E-state index in [1.807, 2.05) is 5.51 Å². The van der Waals surface area contributed by atoms with Gasteiger partial charge in [0.15, 0.2) is 0 Å². The Hall–Kier alpha value is -0.940. The minimum atomic E-state index is 0.354. The summed E-state index contributed by atoms with van der Waals surface area (Å²) in [5.41, 5.74) is 3.06. The smallest absolute Gasteiger partial charge is 0.225 e. The van der Waals surface area contributed by atoms with Crippen molar-refractivity contribution >= 4 is 17.2 Å². The van der Waals surface area contributed by atoms with Crippen molar-refractivity contribution in [3.8, 4) is 0 Å². The Morgan fingerprint density at radius 3 is 2.90 bits per heavy atom. The minimum absolute atomic E-state index is 0.354. The normalized spacial score (nSPS) is 26.1. The van der Waals surface area contributed by atoms with Gasteiger partial charge in [0.25, 0.3) is 0 Å². The predicted octanol–water partition coefficient (Wildman–Crippen LogP) is 2.58. The second-order valence-electron chi connectivity index (χ2n) is 6.36. The van der Waals surface area contributed by atoms with Crippen LogP contribution in [0, 0.1) is 18.8 Å². The summed E-state index contributed by atoms with van der Waals surface area (Å²) in [7, 11) is 0. The summed E-state index contributed by atoms with van der Waals surface area (Å²) in [6, 6.07) is 0.528. The van der Waals surface area contributed by atoms with Crippen molar-refractivity contribution in [3.63, 3.8) is 0 Å². The molecule has 0 spiro atoms. The molecular weight excluding hydrogens is 282 g/mol. The average molecular weight is 307 g/mol. The summed E-state index contributed by atoms with van der Waals surface area (Å²) >= 11 is 1.73. The van der Waals surface area contributed by atoms with Gasteiger partial charge in [-0.05, 0) is 32.1 Å². The van der Waals surface area contributed by atoms with Gasteiger partial charge in [0, 0.05) is 36.5 Å². The fourth-order valence-corrected chi connectivity index (χ4v) is 3.95. The van der Waals surface area contributed by atoms with Crippen molar-refractivity contribution in [3.05, 3.63) is 16.1 Å². The van der Waals surface area contributed by atoms with Gasteiger partial charge in [0.2, 0.25) is 5.91 Å². The third-order valence-corrected chi connectivity index (χ3v) is 5.80. The molecule has 2 fully saturated rings. The number of aryl methyl sites for hydroxylation is 1. The average Bonchev–Trinajstić information content (AvgIpc) is 3.27. The highest BCUT2D eigenvalue weighted by Crippen LogP contribution is 2.33. The lowest BCUT2D eigenvalue weighted by Gasteiger charge is -2.39. The zero-order valence-corrected chi connectivity index (χ0v) is 13.8. The number of hydrogen-bond acceptors (Lipinski definition) is 4. The Morgan fingerprint density at radius 1 is 1.48 bits per heavy atom. The molecule has 1 aliphatic heterocycles. The molecule has 116 valence electrons. The van der Waals surface area contributed by atoms with E-state index in [1.165, 1.54) is 4.88 Å². The van der Waals surface area contributed by atoms with Crippen LogP contribution in [-0.2, 0) is 11.3 Å². The van der Waals surface area contributed by atoms with Gasteiger partial charge in [-0.2, -0.15) is 0 Å². The second kappa shape index (κ2) is 6.44. The number of nitrogens with zero attached hydrogens (tertiary/aromatic N) is 2. The number of carbonyl (C=O) groups is 1. The molecular formula is C16H25N3OS. The van der Waals surface area contributed by atoms with Crippen molar-refractivity contribution in [1.82, 2.24) is 15.2 Å². The molecule has 1 aromatic rings. The predicted molar refractivity (Wildman–Crippen MR) is 85.2 cm³/mol. The van der Waals surface area contributed by atoms with E-state index in [-0.39, 0.29) is 0 Å². The molecule has 2 aliphatic rings. The van der Waals surface area contributed by atoms with Gasteiger partial charge in [-0.15, -0.1) is 11.3 Å². The van der Waals surface area contributed by atoms with E-state index in [9.17, 15) is 4.79 Å². The van der Waals surface area contributed by atoms with Crippen molar-refractivity contribution in [2.24, 2.45) is 11.8 Å². The molecule has 21 heavy (non-hydrogen) atoms. The van der Waals surface area contributed by atoms with Crippen LogP contribution in [0.4, 0.5) is 0 Å². The van der Waals surface area contributed by atoms with E-state index in [1.54, 1.807) is 11.3 Å². The molecule has 2 heterocycles. The van der Waals surface area contributed by atoms with Crippen molar-refractivity contribution in [1.29, 1.82) is 0 Å². The first-order chi connectivity index (χ1) is 10.2. The maximum atomic E-state index is 12.2. The number of thiazole rings is 1. The summed E-state index contributed by atoms with van der Waals surface area (Å²) in [6.45, 7) is 7.08. The van der Waals surface area contributed by atoms with E-state index >= 15 is 0 Å². The van der Waals surface area contributed by atoms with Crippen LogP contribution in [0.5, 0.6) is 0 Å². The van der Waals surface area contributed by atoms with E-state index in [0.29, 0.717) is 23.8 Å². The fraction of sp³-hybridized carbons (Fsp3) is 0.750. The van der Waals surface area contributed by atoms with Crippen LogP contribution < -0.4 is 5.32 Å². The van der Waals surface area contributed by atoms with Crippen molar-refractivity contribution in [2.75, 3.05) is 13.1 Å². The molecule has 1 aromatic heterocycles. The topological polar surface area (TPSA) is 45.2 Å². The molecule has 5 heteroatoms. The number of hydrogen-bond donors (Lipinski definition) is 1. The first-order valence-corrected chi connectivity index (χ1v) is 8.98. The van der Waals surface area contributed by atoms with E-state index in [4.69, 9.17) is 0 Å². The molecule has 1 amide bonds. The van der Waals surface area contributed by atoms with Crippen LogP contribution in [0.25, 0.3) is 0 Å². The number of carbonyl (C=O) groups excluding carboxylic acids is 1. The summed E-state index contributed by atoms with van der Waals surface area (Å²) in [5, 5.41) is 3.70. The highest BCUT2D eigenvalue weighted by molar-refractivity contribution is 7.09. The van der Waals surface area contributed by atoms with Gasteiger partial charge in [-0.3, -0.25) is 4.79 Å². The molecule has 3 rings (SSSR count). The van der Waals surface area contributed by atoms with E-state index in [0.717, 1.165) is 51.0 Å². The van der Waals surface area contributed by atoms with Gasteiger partial charge < -0.3 is 10.2 Å². The largest absolute Gasteiger partial charge is 0.342 e. The van der Waals surface area contributed by atoms with Crippen molar-refractivity contribution in [2.45, 2.75) is 52.1 Å². The number of nitrogens with one attached hydrogen (secondary N) is 1. The fourth-order valence-electron chi connectivity index (χ4n) is 3.22.